The molecule has 1 aromatic rings. The molecule has 0 amide bonds. The maximum atomic E-state index is 11.1. The summed E-state index contributed by atoms with van der Waals surface area (Å²) in [6, 6.07) is 7.81. The Hall–Kier alpha value is -0.380. The molecule has 0 aromatic heterocycles. The van der Waals surface area contributed by atoms with E-state index in [1.165, 1.54) is 5.56 Å². The Morgan fingerprint density at radius 1 is 1.31 bits per heavy atom. The van der Waals surface area contributed by atoms with Crippen molar-refractivity contribution in [3.8, 4) is 0 Å². The Kier molecular flexibility index (Phi) is 3.11. The zero-order chi connectivity index (χ0) is 10.1. The highest BCUT2D eigenvalue weighted by molar-refractivity contribution is 14.1. The zero-order valence-electron chi connectivity index (χ0n) is 8.10. The number of carbonyl (C=O) groups is 1. The quantitative estimate of drug-likeness (QED) is 0.570. The molecule has 0 aliphatic rings. The highest BCUT2D eigenvalue weighted by atomic mass is 127. The lowest BCUT2D eigenvalue weighted by molar-refractivity contribution is 0.110. The second-order valence-corrected chi connectivity index (χ2v) is 5.08. The molecule has 0 saturated heterocycles. The van der Waals surface area contributed by atoms with E-state index in [-0.39, 0.29) is 9.20 Å². The van der Waals surface area contributed by atoms with E-state index in [9.17, 15) is 4.79 Å². The summed E-state index contributed by atoms with van der Waals surface area (Å²) in [4.78, 5) is 11.1. The molecule has 1 rings (SSSR count). The highest BCUT2D eigenvalue weighted by Gasteiger charge is 2.14. The van der Waals surface area contributed by atoms with Crippen LogP contribution in [-0.4, -0.2) is 3.79 Å². The summed E-state index contributed by atoms with van der Waals surface area (Å²) >= 11 is 1.81. The SMILES string of the molecule is CC(C)(C)c1cccc(C(=O)I)c1. The number of rotatable bonds is 1. The minimum absolute atomic E-state index is 0.101. The first-order valence-corrected chi connectivity index (χ1v) is 5.29. The maximum Gasteiger partial charge on any atom is 0.222 e. The molecule has 0 radical (unpaired) electrons. The van der Waals surface area contributed by atoms with Crippen LogP contribution in [0.1, 0.15) is 36.7 Å². The minimum atomic E-state index is 0.101. The third-order valence-corrected chi connectivity index (χ3v) is 2.58. The summed E-state index contributed by atoms with van der Waals surface area (Å²) < 4.78 is 0.101. The van der Waals surface area contributed by atoms with Gasteiger partial charge in [0, 0.05) is 28.2 Å². The Bertz CT molecular complexity index is 323. The van der Waals surface area contributed by atoms with Gasteiger partial charge in [-0.3, -0.25) is 4.79 Å². The molecule has 1 aromatic carbocycles. The van der Waals surface area contributed by atoms with Crippen LogP contribution in [-0.2, 0) is 5.41 Å². The van der Waals surface area contributed by atoms with E-state index in [0.29, 0.717) is 0 Å². The van der Waals surface area contributed by atoms with Gasteiger partial charge in [0.05, 0.1) is 0 Å². The summed E-state index contributed by atoms with van der Waals surface area (Å²) in [5, 5.41) is 0. The second kappa shape index (κ2) is 3.78. The number of benzene rings is 1. The fourth-order valence-electron chi connectivity index (χ4n) is 1.11. The Balaban J connectivity index is 3.13. The standard InChI is InChI=1S/C11H13IO/c1-11(2,3)9-6-4-5-8(7-9)10(12)13/h4-7H,1-3H3. The van der Waals surface area contributed by atoms with Crippen molar-refractivity contribution >= 4 is 26.4 Å². The second-order valence-electron chi connectivity index (χ2n) is 4.10. The fraction of sp³-hybridized carbons (Fsp3) is 0.364. The molecule has 1 nitrogen and oxygen atoms in total. The lowest BCUT2D eigenvalue weighted by Gasteiger charge is -2.19. The number of hydrogen-bond donors (Lipinski definition) is 0. The molecule has 0 N–H and O–H groups in total. The predicted molar refractivity (Wildman–Crippen MR) is 63.5 cm³/mol. The molecule has 0 atom stereocenters. The normalized spacial score (nSPS) is 11.4. The Labute approximate surface area is 92.7 Å². The van der Waals surface area contributed by atoms with Crippen molar-refractivity contribution in [2.45, 2.75) is 26.2 Å². The van der Waals surface area contributed by atoms with Gasteiger partial charge in [-0.2, -0.15) is 0 Å². The summed E-state index contributed by atoms with van der Waals surface area (Å²) in [5.41, 5.74) is 2.10. The highest BCUT2D eigenvalue weighted by Crippen LogP contribution is 2.23. The molecule has 0 aliphatic heterocycles. The van der Waals surface area contributed by atoms with Crippen LogP contribution in [0, 0.1) is 0 Å². The van der Waals surface area contributed by atoms with Crippen molar-refractivity contribution in [1.82, 2.24) is 0 Å². The van der Waals surface area contributed by atoms with Crippen molar-refractivity contribution in [3.05, 3.63) is 35.4 Å². The zero-order valence-corrected chi connectivity index (χ0v) is 10.3. The Morgan fingerprint density at radius 3 is 2.38 bits per heavy atom. The van der Waals surface area contributed by atoms with Crippen molar-refractivity contribution in [2.24, 2.45) is 0 Å². The van der Waals surface area contributed by atoms with Gasteiger partial charge in [-0.25, -0.2) is 0 Å². The Morgan fingerprint density at radius 2 is 1.92 bits per heavy atom. The number of halogens is 1. The van der Waals surface area contributed by atoms with Crippen LogP contribution in [0.3, 0.4) is 0 Å². The van der Waals surface area contributed by atoms with E-state index < -0.39 is 0 Å². The lowest BCUT2D eigenvalue weighted by Crippen LogP contribution is -2.11. The average Bonchev–Trinajstić information content (AvgIpc) is 2.03. The first-order valence-electron chi connectivity index (χ1n) is 4.21. The molecule has 70 valence electrons. The van der Waals surface area contributed by atoms with Crippen molar-refractivity contribution in [2.75, 3.05) is 0 Å². The molecular weight excluding hydrogens is 275 g/mol. The van der Waals surface area contributed by atoms with Crippen molar-refractivity contribution in [1.29, 1.82) is 0 Å². The third-order valence-electron chi connectivity index (χ3n) is 1.96. The number of hydrogen-bond acceptors (Lipinski definition) is 1. The van der Waals surface area contributed by atoms with Crippen LogP contribution < -0.4 is 0 Å². The van der Waals surface area contributed by atoms with Crippen LogP contribution in [0.4, 0.5) is 0 Å². The first-order chi connectivity index (χ1) is 5.91. The first kappa shape index (κ1) is 10.7. The molecule has 0 heterocycles. The molecule has 0 unspecified atom stereocenters. The van der Waals surface area contributed by atoms with Crippen molar-refractivity contribution in [3.63, 3.8) is 0 Å². The van der Waals surface area contributed by atoms with Gasteiger partial charge in [0.2, 0.25) is 3.79 Å². The average molecular weight is 288 g/mol. The van der Waals surface area contributed by atoms with Crippen LogP contribution in [0.5, 0.6) is 0 Å². The lowest BCUT2D eigenvalue weighted by atomic mass is 9.86. The van der Waals surface area contributed by atoms with Gasteiger partial charge < -0.3 is 0 Å². The smallest absolute Gasteiger partial charge is 0.222 e. The third kappa shape index (κ3) is 2.79. The van der Waals surface area contributed by atoms with E-state index >= 15 is 0 Å². The maximum absolute atomic E-state index is 11.1. The molecule has 0 saturated carbocycles. The molecular formula is C11H13IO. The van der Waals surface area contributed by atoms with E-state index in [1.807, 2.05) is 40.8 Å². The van der Waals surface area contributed by atoms with Gasteiger partial charge in [0.15, 0.2) is 0 Å². The van der Waals surface area contributed by atoms with Gasteiger partial charge in [0.1, 0.15) is 0 Å². The van der Waals surface area contributed by atoms with E-state index in [1.54, 1.807) is 0 Å². The van der Waals surface area contributed by atoms with Crippen LogP contribution in [0.2, 0.25) is 0 Å². The minimum Gasteiger partial charge on any atom is -0.282 e. The summed E-state index contributed by atoms with van der Waals surface area (Å²) in [6.45, 7) is 6.43. The van der Waals surface area contributed by atoms with Gasteiger partial charge >= 0.3 is 0 Å². The molecule has 2 heteroatoms. The van der Waals surface area contributed by atoms with Gasteiger partial charge in [-0.15, -0.1) is 0 Å². The van der Waals surface area contributed by atoms with E-state index in [0.717, 1.165) is 5.56 Å². The van der Waals surface area contributed by atoms with Crippen LogP contribution in [0.15, 0.2) is 24.3 Å². The predicted octanol–water partition coefficient (Wildman–Crippen LogP) is 3.56. The van der Waals surface area contributed by atoms with E-state index in [4.69, 9.17) is 0 Å². The largest absolute Gasteiger partial charge is 0.282 e. The monoisotopic (exact) mass is 288 g/mol. The van der Waals surface area contributed by atoms with E-state index in [2.05, 4.69) is 26.8 Å². The van der Waals surface area contributed by atoms with Crippen molar-refractivity contribution < 1.29 is 4.79 Å². The molecule has 0 fully saturated rings. The van der Waals surface area contributed by atoms with Gasteiger partial charge in [-0.1, -0.05) is 39.0 Å². The van der Waals surface area contributed by atoms with Crippen LogP contribution >= 0.6 is 22.6 Å². The van der Waals surface area contributed by atoms with Crippen LogP contribution in [0.25, 0.3) is 0 Å². The molecule has 13 heavy (non-hydrogen) atoms. The topological polar surface area (TPSA) is 17.1 Å². The summed E-state index contributed by atoms with van der Waals surface area (Å²) in [6.07, 6.45) is 0. The molecule has 0 bridgehead atoms. The summed E-state index contributed by atoms with van der Waals surface area (Å²) in [7, 11) is 0. The van der Waals surface area contributed by atoms with Gasteiger partial charge in [0.25, 0.3) is 0 Å². The molecule has 0 aliphatic carbocycles. The fourth-order valence-corrected chi connectivity index (χ4v) is 1.44. The summed E-state index contributed by atoms with van der Waals surface area (Å²) in [5.74, 6) is 0. The van der Waals surface area contributed by atoms with Gasteiger partial charge in [-0.05, 0) is 17.0 Å². The molecule has 0 spiro atoms. The number of carbonyl (C=O) groups excluding carboxylic acids is 1.